The van der Waals surface area contributed by atoms with Crippen molar-refractivity contribution in [3.63, 3.8) is 0 Å². The van der Waals surface area contributed by atoms with Crippen LogP contribution in [0.3, 0.4) is 0 Å². The first-order valence-corrected chi connectivity index (χ1v) is 8.37. The van der Waals surface area contributed by atoms with Gasteiger partial charge < -0.3 is 10.1 Å². The topological polar surface area (TPSA) is 90.8 Å². The van der Waals surface area contributed by atoms with Gasteiger partial charge >= 0.3 is 0 Å². The number of carbonyl (C=O) groups excluding carboxylic acids is 1. The van der Waals surface area contributed by atoms with Gasteiger partial charge in [-0.3, -0.25) is 9.89 Å². The van der Waals surface area contributed by atoms with Gasteiger partial charge in [-0.15, -0.1) is 0 Å². The number of hydrogen-bond donors (Lipinski definition) is 2. The van der Waals surface area contributed by atoms with Gasteiger partial charge in [0.1, 0.15) is 11.4 Å². The van der Waals surface area contributed by atoms with Gasteiger partial charge in [0.05, 0.1) is 16.7 Å². The quantitative estimate of drug-likeness (QED) is 0.656. The van der Waals surface area contributed by atoms with Crippen molar-refractivity contribution in [2.24, 2.45) is 0 Å². The number of nitrogens with zero attached hydrogens (tertiary/aromatic N) is 2. The number of aromatic nitrogens is 2. The summed E-state index contributed by atoms with van der Waals surface area (Å²) < 4.78 is 20.3. The molecule has 2 aromatic carbocycles. The average Bonchev–Trinajstić information content (AvgIpc) is 3.18. The van der Waals surface area contributed by atoms with Crippen molar-refractivity contribution in [1.29, 1.82) is 5.26 Å². The third-order valence-corrected chi connectivity index (χ3v) is 4.04. The molecule has 0 atom stereocenters. The van der Waals surface area contributed by atoms with E-state index in [1.54, 1.807) is 0 Å². The Balaban J connectivity index is 1.82. The lowest BCUT2D eigenvalue weighted by atomic mass is 10.2. The molecule has 9 heteroatoms. The van der Waals surface area contributed by atoms with Crippen molar-refractivity contribution < 1.29 is 13.9 Å². The number of aromatic amines is 1. The lowest BCUT2D eigenvalue weighted by Gasteiger charge is -2.13. The molecule has 0 aliphatic heterocycles. The zero-order valence-corrected chi connectivity index (χ0v) is 15.1. The highest BCUT2D eigenvalue weighted by molar-refractivity contribution is 6.32. The SMILES string of the molecule is N#Cc1cc(Cl)cc(Oc2c(Cl)ccc(CNC(=O)c3cc[nH]n3)c2F)c1. The van der Waals surface area contributed by atoms with E-state index in [0.29, 0.717) is 0 Å². The van der Waals surface area contributed by atoms with Gasteiger partial charge in [0.15, 0.2) is 11.6 Å². The molecule has 0 spiro atoms. The van der Waals surface area contributed by atoms with Gasteiger partial charge in [-0.2, -0.15) is 10.4 Å². The van der Waals surface area contributed by atoms with Crippen LogP contribution in [0.5, 0.6) is 11.5 Å². The van der Waals surface area contributed by atoms with E-state index in [4.69, 9.17) is 33.2 Å². The smallest absolute Gasteiger partial charge is 0.272 e. The van der Waals surface area contributed by atoms with Crippen LogP contribution in [-0.2, 0) is 6.54 Å². The Hall–Kier alpha value is -3.08. The molecule has 1 amide bonds. The summed E-state index contributed by atoms with van der Waals surface area (Å²) >= 11 is 12.0. The first kappa shape index (κ1) is 18.7. The van der Waals surface area contributed by atoms with E-state index in [1.165, 1.54) is 42.6 Å². The third kappa shape index (κ3) is 4.37. The van der Waals surface area contributed by atoms with Crippen molar-refractivity contribution >= 4 is 29.1 Å². The van der Waals surface area contributed by atoms with Crippen LogP contribution in [-0.4, -0.2) is 16.1 Å². The predicted octanol–water partition coefficient (Wildman–Crippen LogP) is 4.45. The molecule has 0 saturated carbocycles. The summed E-state index contributed by atoms with van der Waals surface area (Å²) in [6.07, 6.45) is 1.50. The van der Waals surface area contributed by atoms with Gasteiger partial charge in [0.25, 0.3) is 5.91 Å². The Morgan fingerprint density at radius 3 is 2.81 bits per heavy atom. The summed E-state index contributed by atoms with van der Waals surface area (Å²) in [7, 11) is 0. The van der Waals surface area contributed by atoms with Crippen LogP contribution in [0.1, 0.15) is 21.6 Å². The van der Waals surface area contributed by atoms with Gasteiger partial charge in [-0.05, 0) is 30.3 Å². The van der Waals surface area contributed by atoms with Crippen LogP contribution in [0, 0.1) is 17.1 Å². The van der Waals surface area contributed by atoms with Crippen LogP contribution < -0.4 is 10.1 Å². The van der Waals surface area contributed by atoms with E-state index < -0.39 is 11.7 Å². The summed E-state index contributed by atoms with van der Waals surface area (Å²) in [6.45, 7) is -0.0932. The second kappa shape index (κ2) is 8.08. The molecule has 0 fully saturated rings. The van der Waals surface area contributed by atoms with Crippen LogP contribution >= 0.6 is 23.2 Å². The van der Waals surface area contributed by atoms with Crippen LogP contribution in [0.25, 0.3) is 0 Å². The number of hydrogen-bond acceptors (Lipinski definition) is 4. The summed E-state index contributed by atoms with van der Waals surface area (Å²) in [4.78, 5) is 11.9. The molecule has 0 unspecified atom stereocenters. The molecule has 2 N–H and O–H groups in total. The third-order valence-electron chi connectivity index (χ3n) is 3.52. The number of ether oxygens (including phenoxy) is 1. The molecule has 1 heterocycles. The lowest BCUT2D eigenvalue weighted by Crippen LogP contribution is -2.23. The highest BCUT2D eigenvalue weighted by atomic mass is 35.5. The second-order valence-corrected chi connectivity index (χ2v) is 6.22. The minimum atomic E-state index is -0.733. The highest BCUT2D eigenvalue weighted by Crippen LogP contribution is 2.35. The molecule has 0 aliphatic carbocycles. The molecule has 0 bridgehead atoms. The zero-order chi connectivity index (χ0) is 19.4. The minimum absolute atomic E-state index is 0.0355. The number of nitriles is 1. The van der Waals surface area contributed by atoms with Crippen molar-refractivity contribution in [2.45, 2.75) is 6.54 Å². The Labute approximate surface area is 163 Å². The number of amides is 1. The first-order valence-electron chi connectivity index (χ1n) is 7.61. The summed E-state index contributed by atoms with van der Waals surface area (Å²) in [6, 6.07) is 10.6. The van der Waals surface area contributed by atoms with Crippen molar-refractivity contribution in [3.05, 3.63) is 75.3 Å². The fourth-order valence-electron chi connectivity index (χ4n) is 2.26. The number of nitrogens with one attached hydrogen (secondary N) is 2. The van der Waals surface area contributed by atoms with E-state index in [0.717, 1.165) is 0 Å². The fraction of sp³-hybridized carbons (Fsp3) is 0.0556. The van der Waals surface area contributed by atoms with Gasteiger partial charge in [0, 0.05) is 23.3 Å². The first-order chi connectivity index (χ1) is 13.0. The molecule has 27 heavy (non-hydrogen) atoms. The largest absolute Gasteiger partial charge is 0.453 e. The van der Waals surface area contributed by atoms with E-state index >= 15 is 0 Å². The van der Waals surface area contributed by atoms with Crippen molar-refractivity contribution in [3.8, 4) is 17.6 Å². The maximum Gasteiger partial charge on any atom is 0.272 e. The molecule has 0 aliphatic rings. The summed E-state index contributed by atoms with van der Waals surface area (Å²) in [5.41, 5.74) is 0.612. The van der Waals surface area contributed by atoms with Gasteiger partial charge in [0.2, 0.25) is 0 Å². The number of halogens is 3. The normalized spacial score (nSPS) is 10.3. The van der Waals surface area contributed by atoms with Crippen molar-refractivity contribution in [1.82, 2.24) is 15.5 Å². The summed E-state index contributed by atoms with van der Waals surface area (Å²) in [5.74, 6) is -1.25. The van der Waals surface area contributed by atoms with Crippen LogP contribution in [0.15, 0.2) is 42.6 Å². The average molecular weight is 405 g/mol. The van der Waals surface area contributed by atoms with Gasteiger partial charge in [-0.1, -0.05) is 29.3 Å². The maximum atomic E-state index is 14.8. The molecular weight excluding hydrogens is 394 g/mol. The van der Waals surface area contributed by atoms with Crippen LogP contribution in [0.2, 0.25) is 10.0 Å². The molecule has 6 nitrogen and oxygen atoms in total. The Morgan fingerprint density at radius 2 is 2.11 bits per heavy atom. The molecule has 3 aromatic rings. The Morgan fingerprint density at radius 1 is 1.30 bits per heavy atom. The maximum absolute atomic E-state index is 14.8. The molecule has 1 aromatic heterocycles. The minimum Gasteiger partial charge on any atom is -0.453 e. The Kier molecular flexibility index (Phi) is 5.60. The molecule has 0 radical (unpaired) electrons. The molecular formula is C18H11Cl2FN4O2. The van der Waals surface area contributed by atoms with E-state index in [9.17, 15) is 9.18 Å². The van der Waals surface area contributed by atoms with E-state index in [2.05, 4.69) is 15.5 Å². The standard InChI is InChI=1S/C18H11Cl2FN4O2/c19-12-5-10(8-22)6-13(7-12)27-17-14(20)2-1-11(16(17)21)9-23-18(26)15-3-4-24-25-15/h1-7H,9H2,(H,23,26)(H,24,25). The second-order valence-electron chi connectivity index (χ2n) is 5.38. The van der Waals surface area contributed by atoms with E-state index in [1.807, 2.05) is 6.07 Å². The number of rotatable bonds is 5. The number of carbonyl (C=O) groups is 1. The lowest BCUT2D eigenvalue weighted by molar-refractivity contribution is 0.0945. The molecule has 0 saturated heterocycles. The molecule has 136 valence electrons. The number of H-pyrrole nitrogens is 1. The van der Waals surface area contributed by atoms with Crippen molar-refractivity contribution in [2.75, 3.05) is 0 Å². The summed E-state index contributed by atoms with van der Waals surface area (Å²) in [5, 5.41) is 18.1. The Bertz CT molecular complexity index is 1030. The van der Waals surface area contributed by atoms with E-state index in [-0.39, 0.29) is 44.9 Å². The fourth-order valence-corrected chi connectivity index (χ4v) is 2.67. The zero-order valence-electron chi connectivity index (χ0n) is 13.6. The predicted molar refractivity (Wildman–Crippen MR) is 97.4 cm³/mol. The number of benzene rings is 2. The monoisotopic (exact) mass is 404 g/mol. The highest BCUT2D eigenvalue weighted by Gasteiger charge is 2.17. The van der Waals surface area contributed by atoms with Gasteiger partial charge in [-0.25, -0.2) is 4.39 Å². The molecule has 3 rings (SSSR count). The van der Waals surface area contributed by atoms with Crippen LogP contribution in [0.4, 0.5) is 4.39 Å².